The van der Waals surface area contributed by atoms with E-state index < -0.39 is 11.2 Å². The van der Waals surface area contributed by atoms with E-state index in [9.17, 15) is 14.9 Å². The standard InChI is InChI=1S/C26H18Cl3N3O2S/c1-15-7-9-18(13-22(15)29)31-24(33)20(14-30)26-32(19-5-3-2-4-6-19)25(34)23(35-26)12-16-11-17(27)8-10-21(16)28/h2-11,13,23H,12H2,1H3,(H,31,33)/b26-20-. The van der Waals surface area contributed by atoms with Crippen LogP contribution in [0.3, 0.4) is 0 Å². The number of carbonyl (C=O) groups is 2. The van der Waals surface area contributed by atoms with Crippen LogP contribution in [0.5, 0.6) is 0 Å². The quantitative estimate of drug-likeness (QED) is 0.278. The van der Waals surface area contributed by atoms with Crippen molar-refractivity contribution in [2.75, 3.05) is 10.2 Å². The molecule has 1 aliphatic rings. The van der Waals surface area contributed by atoms with Crippen molar-refractivity contribution in [3.8, 4) is 6.07 Å². The molecule has 1 atom stereocenters. The highest BCUT2D eigenvalue weighted by Crippen LogP contribution is 2.42. The number of amides is 2. The smallest absolute Gasteiger partial charge is 0.269 e. The van der Waals surface area contributed by atoms with Crippen LogP contribution in [-0.4, -0.2) is 17.1 Å². The second-order valence-corrected chi connectivity index (χ2v) is 10.2. The fraction of sp³-hybridized carbons (Fsp3) is 0.115. The molecule has 0 saturated carbocycles. The minimum absolute atomic E-state index is 0.177. The van der Waals surface area contributed by atoms with E-state index in [2.05, 4.69) is 5.32 Å². The Labute approximate surface area is 222 Å². The van der Waals surface area contributed by atoms with Crippen molar-refractivity contribution in [2.24, 2.45) is 0 Å². The summed E-state index contributed by atoms with van der Waals surface area (Å²) in [7, 11) is 0. The number of nitriles is 1. The predicted octanol–water partition coefficient (Wildman–Crippen LogP) is 7.02. The largest absolute Gasteiger partial charge is 0.321 e. The molecule has 0 bridgehead atoms. The third-order valence-electron chi connectivity index (χ3n) is 5.36. The number of anilines is 2. The maximum Gasteiger partial charge on any atom is 0.269 e. The van der Waals surface area contributed by atoms with E-state index in [1.54, 1.807) is 60.7 Å². The number of aryl methyl sites for hydroxylation is 1. The van der Waals surface area contributed by atoms with Gasteiger partial charge in [0.1, 0.15) is 16.7 Å². The molecule has 1 heterocycles. The van der Waals surface area contributed by atoms with E-state index in [-0.39, 0.29) is 22.9 Å². The molecule has 1 unspecified atom stereocenters. The van der Waals surface area contributed by atoms with Crippen molar-refractivity contribution in [1.29, 1.82) is 5.26 Å². The summed E-state index contributed by atoms with van der Waals surface area (Å²) < 4.78 is 0. The van der Waals surface area contributed by atoms with Crippen LogP contribution in [-0.2, 0) is 16.0 Å². The molecule has 0 spiro atoms. The number of carbonyl (C=O) groups excluding carboxylic acids is 2. The average molecular weight is 543 g/mol. The second kappa shape index (κ2) is 10.8. The molecule has 5 nitrogen and oxygen atoms in total. The van der Waals surface area contributed by atoms with E-state index in [0.717, 1.165) is 17.3 Å². The van der Waals surface area contributed by atoms with Crippen molar-refractivity contribution in [2.45, 2.75) is 18.6 Å². The van der Waals surface area contributed by atoms with Crippen LogP contribution >= 0.6 is 46.6 Å². The fourth-order valence-corrected chi connectivity index (χ4v) is 5.43. The van der Waals surface area contributed by atoms with E-state index in [1.807, 2.05) is 19.1 Å². The Hall–Kier alpha value is -2.95. The lowest BCUT2D eigenvalue weighted by Gasteiger charge is -2.18. The summed E-state index contributed by atoms with van der Waals surface area (Å²) in [5, 5.41) is 13.8. The van der Waals surface area contributed by atoms with Crippen molar-refractivity contribution >= 4 is 69.8 Å². The molecule has 2 amide bonds. The van der Waals surface area contributed by atoms with Gasteiger partial charge in [-0.15, -0.1) is 0 Å². The van der Waals surface area contributed by atoms with Crippen molar-refractivity contribution in [3.63, 3.8) is 0 Å². The summed E-state index contributed by atoms with van der Waals surface area (Å²) >= 11 is 19.8. The predicted molar refractivity (Wildman–Crippen MR) is 143 cm³/mol. The summed E-state index contributed by atoms with van der Waals surface area (Å²) in [6.45, 7) is 1.85. The van der Waals surface area contributed by atoms with Gasteiger partial charge in [-0.25, -0.2) is 0 Å². The maximum atomic E-state index is 13.5. The molecule has 9 heteroatoms. The number of para-hydroxylation sites is 1. The zero-order valence-electron chi connectivity index (χ0n) is 18.4. The van der Waals surface area contributed by atoms with Crippen LogP contribution in [0.1, 0.15) is 11.1 Å². The molecule has 1 fully saturated rings. The third kappa shape index (κ3) is 5.50. The third-order valence-corrected chi connectivity index (χ3v) is 7.64. The first-order chi connectivity index (χ1) is 16.8. The molecule has 176 valence electrons. The molecule has 0 aromatic heterocycles. The van der Waals surface area contributed by atoms with Crippen molar-refractivity contribution < 1.29 is 9.59 Å². The normalized spacial score (nSPS) is 16.7. The molecule has 4 rings (SSSR count). The van der Waals surface area contributed by atoms with Crippen LogP contribution in [0.15, 0.2) is 77.3 Å². The Morgan fingerprint density at radius 2 is 1.80 bits per heavy atom. The highest BCUT2D eigenvalue weighted by molar-refractivity contribution is 8.05. The molecule has 3 aromatic carbocycles. The molecule has 1 aliphatic heterocycles. The topological polar surface area (TPSA) is 73.2 Å². The summed E-state index contributed by atoms with van der Waals surface area (Å²) in [6, 6.07) is 21.0. The maximum absolute atomic E-state index is 13.5. The first-order valence-electron chi connectivity index (χ1n) is 10.5. The van der Waals surface area contributed by atoms with E-state index in [1.165, 1.54) is 4.90 Å². The summed E-state index contributed by atoms with van der Waals surface area (Å²) in [5.41, 5.74) is 2.39. The minimum atomic E-state index is -0.634. The van der Waals surface area contributed by atoms with Crippen molar-refractivity contribution in [3.05, 3.63) is 104 Å². The van der Waals surface area contributed by atoms with Gasteiger partial charge in [-0.1, -0.05) is 70.8 Å². The lowest BCUT2D eigenvalue weighted by molar-refractivity contribution is -0.117. The summed E-state index contributed by atoms with van der Waals surface area (Å²) in [6.07, 6.45) is 0.281. The lowest BCUT2D eigenvalue weighted by atomic mass is 10.1. The Balaban J connectivity index is 1.73. The van der Waals surface area contributed by atoms with Gasteiger partial charge in [-0.3, -0.25) is 14.5 Å². The van der Waals surface area contributed by atoms with Gasteiger partial charge in [0.15, 0.2) is 0 Å². The molecule has 0 radical (unpaired) electrons. The van der Waals surface area contributed by atoms with Gasteiger partial charge in [0, 0.05) is 26.4 Å². The molecule has 1 N–H and O–H groups in total. The number of thioether (sulfide) groups is 1. The minimum Gasteiger partial charge on any atom is -0.321 e. The van der Waals surface area contributed by atoms with Crippen LogP contribution < -0.4 is 10.2 Å². The van der Waals surface area contributed by atoms with E-state index in [0.29, 0.717) is 32.0 Å². The molecular formula is C26H18Cl3N3O2S. The zero-order chi connectivity index (χ0) is 25.1. The van der Waals surface area contributed by atoms with Gasteiger partial charge in [0.05, 0.1) is 5.25 Å². The zero-order valence-corrected chi connectivity index (χ0v) is 21.5. The fourth-order valence-electron chi connectivity index (χ4n) is 3.56. The van der Waals surface area contributed by atoms with Crippen LogP contribution in [0.4, 0.5) is 11.4 Å². The molecule has 1 saturated heterocycles. The summed E-state index contributed by atoms with van der Waals surface area (Å²) in [5.74, 6) is -0.892. The van der Waals surface area contributed by atoms with Crippen molar-refractivity contribution in [1.82, 2.24) is 0 Å². The number of benzene rings is 3. The number of hydrogen-bond donors (Lipinski definition) is 1. The van der Waals surface area contributed by atoms with Gasteiger partial charge in [-0.05, 0) is 66.9 Å². The van der Waals surface area contributed by atoms with Gasteiger partial charge in [-0.2, -0.15) is 5.26 Å². The van der Waals surface area contributed by atoms with Gasteiger partial charge in [0.25, 0.3) is 5.91 Å². The Morgan fingerprint density at radius 3 is 2.49 bits per heavy atom. The van der Waals surface area contributed by atoms with Crippen LogP contribution in [0.2, 0.25) is 15.1 Å². The number of rotatable bonds is 5. The van der Waals surface area contributed by atoms with Gasteiger partial charge in [0.2, 0.25) is 5.91 Å². The Morgan fingerprint density at radius 1 is 1.06 bits per heavy atom. The monoisotopic (exact) mass is 541 g/mol. The Kier molecular flexibility index (Phi) is 7.73. The first kappa shape index (κ1) is 25.2. The first-order valence-corrected chi connectivity index (χ1v) is 12.5. The van der Waals surface area contributed by atoms with Gasteiger partial charge < -0.3 is 5.32 Å². The number of hydrogen-bond acceptors (Lipinski definition) is 4. The molecule has 0 aliphatic carbocycles. The number of halogens is 3. The highest BCUT2D eigenvalue weighted by atomic mass is 35.5. The van der Waals surface area contributed by atoms with Gasteiger partial charge >= 0.3 is 0 Å². The molecule has 35 heavy (non-hydrogen) atoms. The van der Waals surface area contributed by atoms with E-state index in [4.69, 9.17) is 34.8 Å². The second-order valence-electron chi connectivity index (χ2n) is 7.77. The lowest BCUT2D eigenvalue weighted by Crippen LogP contribution is -2.31. The molecule has 3 aromatic rings. The van der Waals surface area contributed by atoms with E-state index >= 15 is 0 Å². The van der Waals surface area contributed by atoms with Crippen LogP contribution in [0.25, 0.3) is 0 Å². The number of nitrogens with one attached hydrogen (secondary N) is 1. The summed E-state index contributed by atoms with van der Waals surface area (Å²) in [4.78, 5) is 28.1. The average Bonchev–Trinajstić information content (AvgIpc) is 3.15. The highest BCUT2D eigenvalue weighted by Gasteiger charge is 2.41. The van der Waals surface area contributed by atoms with Crippen LogP contribution in [0, 0.1) is 18.3 Å². The Bertz CT molecular complexity index is 1390. The molecular weight excluding hydrogens is 525 g/mol. The number of nitrogens with zero attached hydrogens (tertiary/aromatic N) is 2. The SMILES string of the molecule is Cc1ccc(NC(=O)/C(C#N)=C2\SC(Cc3cc(Cl)ccc3Cl)C(=O)N2c2ccccc2)cc1Cl.